The molecular weight excluding hydrogens is 877 g/mol. The first-order chi connectivity index (χ1) is 30.8. The monoisotopic (exact) mass is 932 g/mol. The molecule has 65 heavy (non-hydrogen) atoms. The van der Waals surface area contributed by atoms with Gasteiger partial charge >= 0.3 is 0 Å². The van der Waals surface area contributed by atoms with Gasteiger partial charge in [0, 0.05) is 56.2 Å². The fraction of sp³-hybridized carbons (Fsp3) is 0.500. The second-order valence-corrected chi connectivity index (χ2v) is 21.5. The number of amides is 3. The van der Waals surface area contributed by atoms with Crippen LogP contribution < -0.4 is 21.3 Å². The summed E-state index contributed by atoms with van der Waals surface area (Å²) in [6.45, 7) is 9.18. The van der Waals surface area contributed by atoms with Crippen LogP contribution in [-0.2, 0) is 34.4 Å². The summed E-state index contributed by atoms with van der Waals surface area (Å²) in [6.07, 6.45) is 7.64. The summed E-state index contributed by atoms with van der Waals surface area (Å²) < 4.78 is 63.7. The zero-order valence-corrected chi connectivity index (χ0v) is 39.1. The molecule has 21 heteroatoms. The molecule has 5 aromatic rings. The normalized spacial score (nSPS) is 22.1. The van der Waals surface area contributed by atoms with Crippen molar-refractivity contribution in [2.45, 2.75) is 103 Å². The number of benzene rings is 2. The molecule has 0 unspecified atom stereocenters. The first-order valence-corrected chi connectivity index (χ1v) is 25.6. The Hall–Kier alpha value is -5.64. The number of aryl methyl sites for hydroxylation is 4. The van der Waals surface area contributed by atoms with E-state index >= 15 is 0 Å². The molecule has 0 radical (unpaired) electrons. The van der Waals surface area contributed by atoms with E-state index in [0.717, 1.165) is 69.1 Å². The van der Waals surface area contributed by atoms with E-state index in [2.05, 4.69) is 36.1 Å². The van der Waals surface area contributed by atoms with Crippen molar-refractivity contribution in [2.75, 3.05) is 49.3 Å². The van der Waals surface area contributed by atoms with E-state index in [9.17, 15) is 31.2 Å². The molecular formula is C44H56N10O9S2. The number of hydrogen-bond acceptors (Lipinski definition) is 13. The van der Waals surface area contributed by atoms with Gasteiger partial charge in [0.15, 0.2) is 0 Å². The maximum absolute atomic E-state index is 12.9. The maximum Gasteiger partial charge on any atom is 0.247 e. The minimum atomic E-state index is -3.26. The minimum absolute atomic E-state index is 0.0282. The zero-order chi connectivity index (χ0) is 46.4. The molecule has 4 atom stereocenters. The van der Waals surface area contributed by atoms with E-state index in [1.165, 1.54) is 21.1 Å². The van der Waals surface area contributed by atoms with Crippen LogP contribution in [0, 0.1) is 27.7 Å². The van der Waals surface area contributed by atoms with Crippen molar-refractivity contribution in [1.29, 1.82) is 0 Å². The van der Waals surface area contributed by atoms with Gasteiger partial charge in [-0.2, -0.15) is 0 Å². The molecule has 4 saturated heterocycles. The fourth-order valence-electron chi connectivity index (χ4n) is 9.43. The minimum Gasteiger partial charge on any atom is -0.379 e. The number of fused-ring (bicyclic) bond motifs is 1. The van der Waals surface area contributed by atoms with Crippen LogP contribution in [-0.4, -0.2) is 114 Å². The van der Waals surface area contributed by atoms with E-state index < -0.39 is 26.1 Å². The van der Waals surface area contributed by atoms with Gasteiger partial charge in [0.2, 0.25) is 37.8 Å². The Morgan fingerprint density at radius 3 is 1.92 bits per heavy atom. The highest BCUT2D eigenvalue weighted by Gasteiger charge is 2.35. The Morgan fingerprint density at radius 1 is 0.738 bits per heavy atom. The zero-order valence-electron chi connectivity index (χ0n) is 37.4. The Bertz CT molecular complexity index is 2830. The summed E-state index contributed by atoms with van der Waals surface area (Å²) in [4.78, 5) is 41.8. The van der Waals surface area contributed by atoms with E-state index in [1.54, 1.807) is 0 Å². The van der Waals surface area contributed by atoms with Crippen molar-refractivity contribution in [3.63, 3.8) is 0 Å². The lowest BCUT2D eigenvalue weighted by Crippen LogP contribution is -2.46. The molecule has 3 aromatic heterocycles. The molecule has 4 fully saturated rings. The number of imidazole rings is 1. The van der Waals surface area contributed by atoms with Crippen LogP contribution in [0.2, 0.25) is 0 Å². The van der Waals surface area contributed by atoms with E-state index in [-0.39, 0.29) is 35.8 Å². The predicted molar refractivity (Wildman–Crippen MR) is 244 cm³/mol. The molecule has 7 heterocycles. The molecule has 9 rings (SSSR count). The van der Waals surface area contributed by atoms with Gasteiger partial charge in [-0.1, -0.05) is 22.4 Å². The number of nitrogens with zero attached hydrogens (tertiary/aromatic N) is 6. The van der Waals surface area contributed by atoms with Crippen LogP contribution in [0.1, 0.15) is 92.2 Å². The number of hydrogen-bond donors (Lipinski definition) is 4. The molecule has 0 saturated carbocycles. The van der Waals surface area contributed by atoms with Crippen molar-refractivity contribution in [2.24, 2.45) is 0 Å². The van der Waals surface area contributed by atoms with Crippen molar-refractivity contribution in [3.05, 3.63) is 65.1 Å². The summed E-state index contributed by atoms with van der Waals surface area (Å²) in [5.41, 5.74) is 8.17. The molecule has 0 aliphatic carbocycles. The van der Waals surface area contributed by atoms with Gasteiger partial charge in [-0.25, -0.2) is 30.4 Å². The van der Waals surface area contributed by atoms with Crippen LogP contribution in [0.3, 0.4) is 0 Å². The maximum atomic E-state index is 12.9. The first-order valence-electron chi connectivity index (χ1n) is 21.9. The highest BCUT2D eigenvalue weighted by atomic mass is 32.2. The van der Waals surface area contributed by atoms with E-state index in [4.69, 9.17) is 14.0 Å². The van der Waals surface area contributed by atoms with Gasteiger partial charge in [-0.05, 0) is 102 Å². The number of carbonyl (C=O) groups is 3. The average Bonchev–Trinajstić information content (AvgIpc) is 4.10. The Balaban J connectivity index is 0.000000177. The second-order valence-electron chi connectivity index (χ2n) is 17.5. The SMILES string of the molecule is Cc1noc(C)c1-c1ccc(N[C@@H]2CCN(S(C)(=O)=O)C2)c(NC(=O)[C@H]2CCCC(=O)N2)c1.Cc1noc(C)c1-c1ccc2c(c1)nc([C@H]1CCCC(=O)N1)n2[C@@H]1CCN(S(C)(=O)=O)C1. The smallest absolute Gasteiger partial charge is 0.247 e. The van der Waals surface area contributed by atoms with E-state index in [1.807, 2.05) is 64.1 Å². The summed E-state index contributed by atoms with van der Waals surface area (Å²) >= 11 is 0. The number of anilines is 2. The topological polar surface area (TPSA) is 244 Å². The van der Waals surface area contributed by atoms with Gasteiger partial charge in [0.25, 0.3) is 0 Å². The Labute approximate surface area is 378 Å². The molecule has 4 aliphatic heterocycles. The van der Waals surface area contributed by atoms with Crippen molar-refractivity contribution < 1.29 is 40.3 Å². The van der Waals surface area contributed by atoms with Crippen molar-refractivity contribution in [3.8, 4) is 22.3 Å². The molecule has 4 aliphatic rings. The predicted octanol–water partition coefficient (Wildman–Crippen LogP) is 4.87. The van der Waals surface area contributed by atoms with Gasteiger partial charge in [0.1, 0.15) is 23.4 Å². The number of carbonyl (C=O) groups excluding carboxylic acids is 3. The number of piperidine rings is 2. The Morgan fingerprint density at radius 2 is 1.34 bits per heavy atom. The molecule has 3 amide bonds. The van der Waals surface area contributed by atoms with E-state index in [0.29, 0.717) is 81.8 Å². The van der Waals surface area contributed by atoms with Gasteiger partial charge in [-0.3, -0.25) is 14.4 Å². The third-order valence-corrected chi connectivity index (χ3v) is 15.2. The number of aromatic nitrogens is 4. The number of sulfonamides is 2. The van der Waals surface area contributed by atoms with Crippen LogP contribution in [0.5, 0.6) is 0 Å². The molecule has 0 spiro atoms. The highest BCUT2D eigenvalue weighted by Crippen LogP contribution is 2.37. The lowest BCUT2D eigenvalue weighted by atomic mass is 10.0. The molecule has 4 N–H and O–H groups in total. The lowest BCUT2D eigenvalue weighted by Gasteiger charge is -2.26. The molecule has 348 valence electrons. The van der Waals surface area contributed by atoms with Gasteiger partial charge in [0.05, 0.1) is 58.4 Å². The van der Waals surface area contributed by atoms with Gasteiger partial charge < -0.3 is 34.9 Å². The number of rotatable bonds is 10. The van der Waals surface area contributed by atoms with Crippen LogP contribution in [0.4, 0.5) is 11.4 Å². The van der Waals surface area contributed by atoms with Crippen molar-refractivity contribution in [1.82, 2.24) is 39.1 Å². The fourth-order valence-corrected chi connectivity index (χ4v) is 11.2. The quantitative estimate of drug-likeness (QED) is 0.146. The molecule has 19 nitrogen and oxygen atoms in total. The standard InChI is InChI=1S/C22H29N5O5S.C22H27N5O4S/c1-13-21(14(2)32-26-13)15-7-8-17(23-16-9-10-27(12-16)33(3,30)31)19(11-15)25-22(29)18-5-4-6-20(28)24-18;1-13-21(14(2)31-25-13)15-7-8-19-18(11-15)24-22(17-5-4-6-20(28)23-17)27(19)16-9-10-26(12-16)32(3,29)30/h7-8,11,16,18,23H,4-6,9-10,12H2,1-3H3,(H,24,28)(H,25,29);7-8,11,16-17H,4-6,9-10,12H2,1-3H3,(H,23,28)/t16-,18-;16-,17-/m11/s1. The summed E-state index contributed by atoms with van der Waals surface area (Å²) in [6, 6.07) is 10.8. The van der Waals surface area contributed by atoms with Crippen LogP contribution >= 0.6 is 0 Å². The highest BCUT2D eigenvalue weighted by molar-refractivity contribution is 7.88. The van der Waals surface area contributed by atoms with Crippen LogP contribution in [0.25, 0.3) is 33.3 Å². The largest absolute Gasteiger partial charge is 0.379 e. The first kappa shape index (κ1) is 45.9. The lowest BCUT2D eigenvalue weighted by molar-refractivity contribution is -0.128. The van der Waals surface area contributed by atoms with Crippen molar-refractivity contribution >= 4 is 60.2 Å². The van der Waals surface area contributed by atoms with Crippen LogP contribution in [0.15, 0.2) is 45.4 Å². The summed E-state index contributed by atoms with van der Waals surface area (Å²) in [5.74, 6) is 1.83. The Kier molecular flexibility index (Phi) is 12.9. The molecule has 0 bridgehead atoms. The molecule has 2 aromatic carbocycles. The number of nitrogens with one attached hydrogen (secondary N) is 4. The summed E-state index contributed by atoms with van der Waals surface area (Å²) in [7, 11) is -6.52. The average molecular weight is 933 g/mol. The summed E-state index contributed by atoms with van der Waals surface area (Å²) in [5, 5.41) is 20.2. The third kappa shape index (κ3) is 9.97. The third-order valence-electron chi connectivity index (χ3n) is 12.7. The van der Waals surface area contributed by atoms with Gasteiger partial charge in [-0.15, -0.1) is 0 Å². The second kappa shape index (κ2) is 18.3.